The molecule has 0 aliphatic rings. The molecule has 1 atom stereocenters. The Morgan fingerprint density at radius 3 is 2.76 bits per heavy atom. The molecule has 0 radical (unpaired) electrons. The summed E-state index contributed by atoms with van der Waals surface area (Å²) in [6.07, 6.45) is 0.891. The number of carbonyl (C=O) groups is 1. The van der Waals surface area contributed by atoms with Gasteiger partial charge in [-0.1, -0.05) is 11.6 Å². The second-order valence-corrected chi connectivity index (χ2v) is 6.89. The van der Waals surface area contributed by atoms with E-state index in [1.807, 2.05) is 0 Å². The first-order valence-corrected chi connectivity index (χ1v) is 8.95. The summed E-state index contributed by atoms with van der Waals surface area (Å²) in [5.74, 6) is -1.91. The lowest BCUT2D eigenvalue weighted by Gasteiger charge is -2.15. The van der Waals surface area contributed by atoms with Gasteiger partial charge in [-0.25, -0.2) is 8.78 Å². The van der Waals surface area contributed by atoms with Gasteiger partial charge in [0.25, 0.3) is 5.56 Å². The van der Waals surface area contributed by atoms with Gasteiger partial charge in [-0.15, -0.1) is 0 Å². The topological polar surface area (TPSA) is 98.6 Å². The fourth-order valence-corrected chi connectivity index (χ4v) is 3.41. The van der Waals surface area contributed by atoms with Crippen LogP contribution in [0.15, 0.2) is 29.2 Å². The van der Waals surface area contributed by atoms with Gasteiger partial charge in [-0.05, 0) is 37.6 Å². The summed E-state index contributed by atoms with van der Waals surface area (Å²) in [5, 5.41) is 11.5. The first-order chi connectivity index (χ1) is 13.7. The number of nitrogens with zero attached hydrogens (tertiary/aromatic N) is 2. The first-order valence-electron chi connectivity index (χ1n) is 8.57. The Balaban J connectivity index is 1.87. The van der Waals surface area contributed by atoms with E-state index in [1.54, 1.807) is 13.0 Å². The fourth-order valence-electron chi connectivity index (χ4n) is 3.10. The van der Waals surface area contributed by atoms with Gasteiger partial charge in [0, 0.05) is 17.1 Å². The van der Waals surface area contributed by atoms with Gasteiger partial charge in [0.2, 0.25) is 5.91 Å². The Morgan fingerprint density at radius 1 is 1.38 bits per heavy atom. The number of rotatable bonds is 4. The van der Waals surface area contributed by atoms with Crippen LogP contribution in [-0.4, -0.2) is 15.9 Å². The summed E-state index contributed by atoms with van der Waals surface area (Å²) in [6.45, 7) is 3.11. The van der Waals surface area contributed by atoms with Crippen molar-refractivity contribution < 1.29 is 13.6 Å². The quantitative estimate of drug-likeness (QED) is 0.680. The summed E-state index contributed by atoms with van der Waals surface area (Å²) in [5.41, 5.74) is 0.406. The molecular weight excluding hydrogens is 402 g/mol. The van der Waals surface area contributed by atoms with Crippen LogP contribution in [0.5, 0.6) is 0 Å². The summed E-state index contributed by atoms with van der Waals surface area (Å²) in [7, 11) is 0. The monoisotopic (exact) mass is 416 g/mol. The molecule has 1 aromatic carbocycles. The smallest absolute Gasteiger partial charge is 0.252 e. The minimum absolute atomic E-state index is 0.0355. The van der Waals surface area contributed by atoms with Crippen molar-refractivity contribution in [2.24, 2.45) is 0 Å². The zero-order valence-corrected chi connectivity index (χ0v) is 16.2. The summed E-state index contributed by atoms with van der Waals surface area (Å²) in [6, 6.07) is 4.55. The molecule has 3 aromatic rings. The number of amides is 1. The SMILES string of the molecule is Cc1c(CC(=O)N[C@H](C)c2ncc(C#N)cc2F)c(=O)[nH]c2ccc(F)c(Cl)c12. The minimum atomic E-state index is -0.795. The van der Waals surface area contributed by atoms with Crippen molar-refractivity contribution in [2.45, 2.75) is 26.3 Å². The van der Waals surface area contributed by atoms with Gasteiger partial charge in [0.05, 0.1) is 34.3 Å². The predicted octanol–water partition coefficient (Wildman–Crippen LogP) is 3.45. The lowest BCUT2D eigenvalue weighted by Crippen LogP contribution is -2.31. The standard InChI is InChI=1S/C20H15ClF2N4O2/c1-9-12(20(29)27-15-4-3-13(22)18(21)17(9)15)6-16(28)26-10(2)19-14(23)5-11(7-24)8-25-19/h3-5,8,10H,6H2,1-2H3,(H,26,28)(H,27,29)/t10-/m1/s1. The maximum Gasteiger partial charge on any atom is 0.252 e. The number of nitrogens with one attached hydrogen (secondary N) is 2. The molecule has 2 aromatic heterocycles. The van der Waals surface area contributed by atoms with Crippen LogP contribution in [0.4, 0.5) is 8.78 Å². The van der Waals surface area contributed by atoms with Gasteiger partial charge in [-0.2, -0.15) is 5.26 Å². The molecule has 1 amide bonds. The lowest BCUT2D eigenvalue weighted by atomic mass is 10.0. The van der Waals surface area contributed by atoms with Crippen molar-refractivity contribution in [3.8, 4) is 6.07 Å². The van der Waals surface area contributed by atoms with E-state index in [2.05, 4.69) is 15.3 Å². The van der Waals surface area contributed by atoms with E-state index in [0.717, 1.165) is 12.1 Å². The Labute approximate surface area is 169 Å². The summed E-state index contributed by atoms with van der Waals surface area (Å²) in [4.78, 5) is 31.3. The number of hydrogen-bond donors (Lipinski definition) is 2. The third-order valence-corrected chi connectivity index (χ3v) is 4.94. The molecule has 0 fully saturated rings. The second-order valence-electron chi connectivity index (χ2n) is 6.51. The number of halogens is 3. The summed E-state index contributed by atoms with van der Waals surface area (Å²) < 4.78 is 27.9. The third kappa shape index (κ3) is 3.96. The highest BCUT2D eigenvalue weighted by Gasteiger charge is 2.20. The van der Waals surface area contributed by atoms with Crippen molar-refractivity contribution in [1.82, 2.24) is 15.3 Å². The van der Waals surface area contributed by atoms with Crippen LogP contribution in [0.3, 0.4) is 0 Å². The molecular formula is C20H15ClF2N4O2. The van der Waals surface area contributed by atoms with Crippen LogP contribution in [0.2, 0.25) is 5.02 Å². The molecule has 29 heavy (non-hydrogen) atoms. The van der Waals surface area contributed by atoms with E-state index in [0.29, 0.717) is 16.5 Å². The van der Waals surface area contributed by atoms with Crippen molar-refractivity contribution in [3.63, 3.8) is 0 Å². The van der Waals surface area contributed by atoms with Crippen LogP contribution in [0, 0.1) is 29.9 Å². The number of aryl methyl sites for hydroxylation is 1. The number of fused-ring (bicyclic) bond motifs is 1. The number of nitriles is 1. The van der Waals surface area contributed by atoms with E-state index in [-0.39, 0.29) is 28.3 Å². The zero-order valence-electron chi connectivity index (χ0n) is 15.4. The van der Waals surface area contributed by atoms with Crippen LogP contribution in [-0.2, 0) is 11.2 Å². The average molecular weight is 417 g/mol. The van der Waals surface area contributed by atoms with E-state index in [9.17, 15) is 18.4 Å². The van der Waals surface area contributed by atoms with Gasteiger partial charge in [0.1, 0.15) is 17.7 Å². The number of aromatic amines is 1. The van der Waals surface area contributed by atoms with Crippen LogP contribution >= 0.6 is 11.6 Å². The number of H-pyrrole nitrogens is 1. The molecule has 9 heteroatoms. The molecule has 0 unspecified atom stereocenters. The third-order valence-electron chi connectivity index (χ3n) is 4.57. The number of hydrogen-bond acceptors (Lipinski definition) is 4. The van der Waals surface area contributed by atoms with Crippen LogP contribution in [0.25, 0.3) is 10.9 Å². The maximum atomic E-state index is 14.1. The molecule has 3 rings (SSSR count). The highest BCUT2D eigenvalue weighted by molar-refractivity contribution is 6.35. The van der Waals surface area contributed by atoms with Crippen molar-refractivity contribution in [3.05, 3.63) is 73.8 Å². The largest absolute Gasteiger partial charge is 0.348 e. The number of benzene rings is 1. The van der Waals surface area contributed by atoms with Gasteiger partial charge < -0.3 is 10.3 Å². The average Bonchev–Trinajstić information content (AvgIpc) is 2.67. The van der Waals surface area contributed by atoms with Gasteiger partial charge in [-0.3, -0.25) is 14.6 Å². The van der Waals surface area contributed by atoms with Crippen molar-refractivity contribution in [2.75, 3.05) is 0 Å². The highest BCUT2D eigenvalue weighted by atomic mass is 35.5. The number of pyridine rings is 2. The van der Waals surface area contributed by atoms with E-state index in [4.69, 9.17) is 16.9 Å². The number of carbonyl (C=O) groups excluding carboxylic acids is 1. The Bertz CT molecular complexity index is 1230. The second kappa shape index (κ2) is 7.97. The van der Waals surface area contributed by atoms with Crippen LogP contribution < -0.4 is 10.9 Å². The van der Waals surface area contributed by atoms with Crippen molar-refractivity contribution in [1.29, 1.82) is 5.26 Å². The highest BCUT2D eigenvalue weighted by Crippen LogP contribution is 2.28. The predicted molar refractivity (Wildman–Crippen MR) is 103 cm³/mol. The first kappa shape index (κ1) is 20.4. The molecule has 0 bridgehead atoms. The zero-order chi connectivity index (χ0) is 21.3. The molecule has 0 saturated carbocycles. The van der Waals surface area contributed by atoms with E-state index >= 15 is 0 Å². The number of aromatic nitrogens is 2. The molecule has 0 aliphatic carbocycles. The van der Waals surface area contributed by atoms with E-state index < -0.39 is 29.1 Å². The Kier molecular flexibility index (Phi) is 5.62. The van der Waals surface area contributed by atoms with Gasteiger partial charge in [0.15, 0.2) is 0 Å². The molecule has 2 heterocycles. The normalized spacial score (nSPS) is 11.9. The molecule has 148 valence electrons. The lowest BCUT2D eigenvalue weighted by molar-refractivity contribution is -0.121. The molecule has 6 nitrogen and oxygen atoms in total. The summed E-state index contributed by atoms with van der Waals surface area (Å²) >= 11 is 6.03. The van der Waals surface area contributed by atoms with E-state index in [1.165, 1.54) is 19.2 Å². The van der Waals surface area contributed by atoms with Crippen LogP contribution in [0.1, 0.15) is 35.3 Å². The molecule has 0 saturated heterocycles. The fraction of sp³-hybridized carbons (Fsp3) is 0.200. The maximum absolute atomic E-state index is 14.1. The Morgan fingerprint density at radius 2 is 2.10 bits per heavy atom. The molecule has 2 N–H and O–H groups in total. The molecule has 0 aliphatic heterocycles. The Hall–Kier alpha value is -3.31. The molecule has 0 spiro atoms. The van der Waals surface area contributed by atoms with Gasteiger partial charge >= 0.3 is 0 Å². The minimum Gasteiger partial charge on any atom is -0.348 e. The van der Waals surface area contributed by atoms with Crippen molar-refractivity contribution >= 4 is 28.4 Å².